The Bertz CT molecular complexity index is 1070. The van der Waals surface area contributed by atoms with E-state index in [-0.39, 0.29) is 11.7 Å². The Morgan fingerprint density at radius 3 is 2.76 bits per heavy atom. The number of para-hydroxylation sites is 1. The van der Waals surface area contributed by atoms with Crippen molar-refractivity contribution in [3.05, 3.63) is 83.8 Å². The molecular weight excluding hydrogens is 416 g/mol. The van der Waals surface area contributed by atoms with Crippen LogP contribution in [0.3, 0.4) is 0 Å². The molecule has 1 heterocycles. The standard InChI is InChI=1S/C26H30N4O3/c1-2-27-26(29-17-21-8-3-4-10-23(21)33-18-19-12-13-19)28-16-20-7-5-9-22(15-20)30-25(31)24-11-6-14-32-24/h3-11,14-15,19H,2,12-13,16-18H2,1H3,(H,30,31)(H2,27,28,29). The average molecular weight is 447 g/mol. The average Bonchev–Trinajstić information content (AvgIpc) is 3.50. The van der Waals surface area contributed by atoms with E-state index in [1.54, 1.807) is 12.1 Å². The monoisotopic (exact) mass is 446 g/mol. The number of aliphatic imine (C=N–C) groups is 1. The minimum atomic E-state index is -0.279. The summed E-state index contributed by atoms with van der Waals surface area (Å²) in [5.41, 5.74) is 2.79. The van der Waals surface area contributed by atoms with Crippen molar-refractivity contribution in [3.8, 4) is 5.75 Å². The van der Waals surface area contributed by atoms with Gasteiger partial charge in [-0.3, -0.25) is 4.79 Å². The fraction of sp³-hybridized carbons (Fsp3) is 0.308. The normalized spacial score (nSPS) is 13.4. The van der Waals surface area contributed by atoms with E-state index in [0.29, 0.717) is 24.7 Å². The van der Waals surface area contributed by atoms with Gasteiger partial charge < -0.3 is 25.1 Å². The highest BCUT2D eigenvalue weighted by atomic mass is 16.5. The molecule has 0 atom stereocenters. The van der Waals surface area contributed by atoms with Crippen LogP contribution in [-0.4, -0.2) is 25.0 Å². The summed E-state index contributed by atoms with van der Waals surface area (Å²) in [7, 11) is 0. The zero-order chi connectivity index (χ0) is 22.9. The van der Waals surface area contributed by atoms with Gasteiger partial charge in [0.05, 0.1) is 19.4 Å². The molecule has 0 saturated heterocycles. The topological polar surface area (TPSA) is 87.9 Å². The van der Waals surface area contributed by atoms with Crippen molar-refractivity contribution >= 4 is 17.6 Å². The largest absolute Gasteiger partial charge is 0.493 e. The summed E-state index contributed by atoms with van der Waals surface area (Å²) >= 11 is 0. The Balaban J connectivity index is 1.36. The first-order valence-corrected chi connectivity index (χ1v) is 11.4. The number of carbonyl (C=O) groups excluding carboxylic acids is 1. The molecule has 0 radical (unpaired) electrons. The van der Waals surface area contributed by atoms with E-state index < -0.39 is 0 Å². The molecule has 0 bridgehead atoms. The summed E-state index contributed by atoms with van der Waals surface area (Å²) < 4.78 is 11.2. The van der Waals surface area contributed by atoms with Crippen molar-refractivity contribution in [2.24, 2.45) is 10.9 Å². The lowest BCUT2D eigenvalue weighted by atomic mass is 10.2. The van der Waals surface area contributed by atoms with Crippen LogP contribution in [0.15, 0.2) is 76.3 Å². The van der Waals surface area contributed by atoms with Gasteiger partial charge >= 0.3 is 0 Å². The zero-order valence-electron chi connectivity index (χ0n) is 18.8. The molecule has 1 aromatic heterocycles. The quantitative estimate of drug-likeness (QED) is 0.314. The van der Waals surface area contributed by atoms with Crippen molar-refractivity contribution in [2.45, 2.75) is 32.9 Å². The maximum atomic E-state index is 12.2. The lowest BCUT2D eigenvalue weighted by molar-refractivity contribution is 0.0996. The van der Waals surface area contributed by atoms with Gasteiger partial charge in [-0.05, 0) is 61.6 Å². The number of furan rings is 1. The van der Waals surface area contributed by atoms with E-state index >= 15 is 0 Å². The molecule has 0 spiro atoms. The van der Waals surface area contributed by atoms with Gasteiger partial charge in [0.25, 0.3) is 5.91 Å². The second kappa shape index (κ2) is 11.2. The van der Waals surface area contributed by atoms with E-state index in [1.165, 1.54) is 19.1 Å². The number of ether oxygens (including phenoxy) is 1. The first-order chi connectivity index (χ1) is 16.2. The molecule has 7 heteroatoms. The fourth-order valence-corrected chi connectivity index (χ4v) is 3.32. The van der Waals surface area contributed by atoms with Crippen molar-refractivity contribution in [1.29, 1.82) is 0 Å². The highest BCUT2D eigenvalue weighted by Gasteiger charge is 2.22. The number of hydrogen-bond acceptors (Lipinski definition) is 4. The molecule has 2 aromatic carbocycles. The Hall–Kier alpha value is -3.74. The molecule has 3 N–H and O–H groups in total. The van der Waals surface area contributed by atoms with Crippen molar-refractivity contribution < 1.29 is 13.9 Å². The van der Waals surface area contributed by atoms with Gasteiger partial charge in [-0.25, -0.2) is 4.99 Å². The summed E-state index contributed by atoms with van der Waals surface area (Å²) in [6.45, 7) is 4.67. The van der Waals surface area contributed by atoms with Crippen molar-refractivity contribution in [3.63, 3.8) is 0 Å². The van der Waals surface area contributed by atoms with E-state index in [4.69, 9.17) is 14.1 Å². The first kappa shape index (κ1) is 22.5. The maximum Gasteiger partial charge on any atom is 0.291 e. The van der Waals surface area contributed by atoms with Crippen LogP contribution >= 0.6 is 0 Å². The molecule has 33 heavy (non-hydrogen) atoms. The third-order valence-electron chi connectivity index (χ3n) is 5.28. The molecule has 1 aliphatic carbocycles. The van der Waals surface area contributed by atoms with Crippen LogP contribution in [0, 0.1) is 5.92 Å². The number of hydrogen-bond donors (Lipinski definition) is 3. The number of rotatable bonds is 10. The Kier molecular flexibility index (Phi) is 7.64. The number of guanidine groups is 1. The summed E-state index contributed by atoms with van der Waals surface area (Å²) in [4.78, 5) is 16.9. The molecule has 1 amide bonds. The number of amides is 1. The Morgan fingerprint density at radius 1 is 1.09 bits per heavy atom. The van der Waals surface area contributed by atoms with Gasteiger partial charge in [0.1, 0.15) is 5.75 Å². The minimum Gasteiger partial charge on any atom is -0.493 e. The predicted octanol–water partition coefficient (Wildman–Crippen LogP) is 4.58. The number of benzene rings is 2. The summed E-state index contributed by atoms with van der Waals surface area (Å²) in [6.07, 6.45) is 4.02. The van der Waals surface area contributed by atoms with Crippen molar-refractivity contribution in [2.75, 3.05) is 18.5 Å². The first-order valence-electron chi connectivity index (χ1n) is 11.4. The molecule has 1 aliphatic rings. The fourth-order valence-electron chi connectivity index (χ4n) is 3.32. The second-order valence-electron chi connectivity index (χ2n) is 8.04. The van der Waals surface area contributed by atoms with Gasteiger partial charge in [0.2, 0.25) is 0 Å². The van der Waals surface area contributed by atoms with Crippen LogP contribution in [0.5, 0.6) is 5.75 Å². The van der Waals surface area contributed by atoms with Gasteiger partial charge in [0.15, 0.2) is 11.7 Å². The zero-order valence-corrected chi connectivity index (χ0v) is 18.8. The van der Waals surface area contributed by atoms with Crippen molar-refractivity contribution in [1.82, 2.24) is 10.6 Å². The number of carbonyl (C=O) groups is 1. The molecule has 1 fully saturated rings. The van der Waals surface area contributed by atoms with Crippen LogP contribution in [0.25, 0.3) is 0 Å². The lowest BCUT2D eigenvalue weighted by Gasteiger charge is -2.15. The van der Waals surface area contributed by atoms with E-state index in [1.807, 2.05) is 49.4 Å². The predicted molar refractivity (Wildman–Crippen MR) is 129 cm³/mol. The molecule has 172 valence electrons. The summed E-state index contributed by atoms with van der Waals surface area (Å²) in [5, 5.41) is 9.53. The van der Waals surface area contributed by atoms with E-state index in [0.717, 1.165) is 36.0 Å². The van der Waals surface area contributed by atoms with E-state index in [9.17, 15) is 4.79 Å². The maximum absolute atomic E-state index is 12.2. The minimum absolute atomic E-state index is 0.276. The number of nitrogens with zero attached hydrogens (tertiary/aromatic N) is 1. The number of nitrogens with one attached hydrogen (secondary N) is 3. The third kappa shape index (κ3) is 6.87. The molecular formula is C26H30N4O3. The van der Waals surface area contributed by atoms with Gasteiger partial charge in [-0.2, -0.15) is 0 Å². The van der Waals surface area contributed by atoms with Gasteiger partial charge in [-0.15, -0.1) is 0 Å². The van der Waals surface area contributed by atoms with Crippen LogP contribution in [0.4, 0.5) is 5.69 Å². The molecule has 3 aromatic rings. The van der Waals surface area contributed by atoms with Gasteiger partial charge in [0, 0.05) is 24.3 Å². The molecule has 0 unspecified atom stereocenters. The second-order valence-corrected chi connectivity index (χ2v) is 8.04. The van der Waals surface area contributed by atoms with E-state index in [2.05, 4.69) is 22.0 Å². The number of anilines is 1. The lowest BCUT2D eigenvalue weighted by Crippen LogP contribution is -2.36. The smallest absolute Gasteiger partial charge is 0.291 e. The van der Waals surface area contributed by atoms with Gasteiger partial charge in [-0.1, -0.05) is 30.3 Å². The molecule has 1 saturated carbocycles. The van der Waals surface area contributed by atoms with Crippen LogP contribution in [0.2, 0.25) is 0 Å². The molecule has 7 nitrogen and oxygen atoms in total. The highest BCUT2D eigenvalue weighted by Crippen LogP contribution is 2.30. The van der Waals surface area contributed by atoms with Crippen LogP contribution in [0.1, 0.15) is 41.4 Å². The summed E-state index contributed by atoms with van der Waals surface area (Å²) in [6, 6.07) is 19.1. The Morgan fingerprint density at radius 2 is 1.97 bits per heavy atom. The summed E-state index contributed by atoms with van der Waals surface area (Å²) in [5.74, 6) is 2.36. The highest BCUT2D eigenvalue weighted by molar-refractivity contribution is 6.02. The molecule has 4 rings (SSSR count). The van der Waals surface area contributed by atoms with Crippen LogP contribution in [-0.2, 0) is 13.1 Å². The SMILES string of the molecule is CCNC(=NCc1cccc(NC(=O)c2ccco2)c1)NCc1ccccc1OCC1CC1. The van der Waals surface area contributed by atoms with Crippen LogP contribution < -0.4 is 20.7 Å². The third-order valence-corrected chi connectivity index (χ3v) is 5.28. The molecule has 0 aliphatic heterocycles. The Labute approximate surface area is 194 Å².